The number of rotatable bonds is 9. The summed E-state index contributed by atoms with van der Waals surface area (Å²) < 4.78 is 5.42. The van der Waals surface area contributed by atoms with Crippen molar-refractivity contribution in [1.82, 2.24) is 4.90 Å². The number of hydrogen-bond donors (Lipinski definition) is 2. The predicted octanol–water partition coefficient (Wildman–Crippen LogP) is 4.41. The third kappa shape index (κ3) is 6.69. The number of nitrogens with zero attached hydrogens (tertiary/aromatic N) is 1. The first kappa shape index (κ1) is 22.1. The molecule has 0 heterocycles. The third-order valence-electron chi connectivity index (χ3n) is 4.58. The van der Waals surface area contributed by atoms with Gasteiger partial charge in [0.2, 0.25) is 5.91 Å². The van der Waals surface area contributed by atoms with Crippen LogP contribution in [0.1, 0.15) is 22.8 Å². The minimum atomic E-state index is -0.294. The second-order valence-electron chi connectivity index (χ2n) is 7.16. The lowest BCUT2D eigenvalue weighted by Gasteiger charge is -2.17. The molecule has 160 valence electrons. The number of carbonyl (C=O) groups excluding carboxylic acids is 2. The summed E-state index contributed by atoms with van der Waals surface area (Å²) in [4.78, 5) is 27.3. The van der Waals surface area contributed by atoms with Crippen LogP contribution in [0, 0.1) is 0 Å². The molecule has 0 aliphatic rings. The Morgan fingerprint density at radius 1 is 0.871 bits per heavy atom. The van der Waals surface area contributed by atoms with E-state index in [9.17, 15) is 9.59 Å². The normalized spacial score (nSPS) is 10.5. The molecule has 0 saturated carbocycles. The Morgan fingerprint density at radius 2 is 1.55 bits per heavy atom. The van der Waals surface area contributed by atoms with Crippen LogP contribution in [0.4, 0.5) is 11.4 Å². The van der Waals surface area contributed by atoms with Gasteiger partial charge >= 0.3 is 0 Å². The number of nitrogens with one attached hydrogen (secondary N) is 2. The average molecular weight is 418 g/mol. The lowest BCUT2D eigenvalue weighted by Crippen LogP contribution is -2.30. The molecule has 6 nitrogen and oxygen atoms in total. The molecule has 6 heteroatoms. The Labute approximate surface area is 182 Å². The van der Waals surface area contributed by atoms with Gasteiger partial charge in [-0.3, -0.25) is 14.5 Å². The Hall–Kier alpha value is -3.64. The molecule has 0 fully saturated rings. The van der Waals surface area contributed by atoms with E-state index in [1.165, 1.54) is 0 Å². The number of amides is 2. The number of anilines is 2. The summed E-state index contributed by atoms with van der Waals surface area (Å²) in [6.07, 6.45) is 0. The Kier molecular flexibility index (Phi) is 7.79. The zero-order valence-corrected chi connectivity index (χ0v) is 17.8. The van der Waals surface area contributed by atoms with Crippen LogP contribution in [-0.2, 0) is 11.3 Å². The first-order valence-corrected chi connectivity index (χ1v) is 10.2. The maximum atomic E-state index is 12.8. The van der Waals surface area contributed by atoms with Crippen LogP contribution in [-0.4, -0.2) is 36.9 Å². The van der Waals surface area contributed by atoms with E-state index in [-0.39, 0.29) is 18.4 Å². The molecule has 0 bridgehead atoms. The first-order chi connectivity index (χ1) is 15.0. The number of likely N-dealkylation sites (N-methyl/N-ethyl adjacent to an activating group) is 1. The fourth-order valence-corrected chi connectivity index (χ4v) is 3.18. The highest BCUT2D eigenvalue weighted by atomic mass is 16.5. The number of hydrogen-bond acceptors (Lipinski definition) is 4. The van der Waals surface area contributed by atoms with Crippen molar-refractivity contribution in [2.24, 2.45) is 0 Å². The van der Waals surface area contributed by atoms with Gasteiger partial charge in [-0.2, -0.15) is 0 Å². The molecule has 2 amide bonds. The van der Waals surface area contributed by atoms with E-state index >= 15 is 0 Å². The van der Waals surface area contributed by atoms with Crippen molar-refractivity contribution >= 4 is 23.2 Å². The number of benzene rings is 3. The smallest absolute Gasteiger partial charge is 0.257 e. The van der Waals surface area contributed by atoms with E-state index < -0.39 is 0 Å². The van der Waals surface area contributed by atoms with Gasteiger partial charge in [0.15, 0.2) is 0 Å². The van der Waals surface area contributed by atoms with Crippen molar-refractivity contribution in [3.8, 4) is 5.75 Å². The summed E-state index contributed by atoms with van der Waals surface area (Å²) in [5, 5.41) is 5.72. The minimum absolute atomic E-state index is 0.181. The van der Waals surface area contributed by atoms with Crippen molar-refractivity contribution in [2.45, 2.75) is 13.5 Å². The quantitative estimate of drug-likeness (QED) is 0.541. The molecular formula is C25H27N3O3. The standard InChI is InChI=1S/C25H27N3O3/c1-3-31-21-15-13-20(14-16-21)26-25(30)22-11-7-8-12-23(22)27-24(29)18-28(2)17-19-9-5-4-6-10-19/h4-16H,3,17-18H2,1-2H3,(H,26,30)(H,27,29). The van der Waals surface area contributed by atoms with Crippen molar-refractivity contribution in [2.75, 3.05) is 30.8 Å². The molecule has 0 atom stereocenters. The first-order valence-electron chi connectivity index (χ1n) is 10.2. The minimum Gasteiger partial charge on any atom is -0.494 e. The van der Waals surface area contributed by atoms with E-state index in [2.05, 4.69) is 10.6 Å². The van der Waals surface area contributed by atoms with Crippen molar-refractivity contribution in [3.05, 3.63) is 90.0 Å². The monoisotopic (exact) mass is 417 g/mol. The van der Waals surface area contributed by atoms with E-state index in [1.807, 2.05) is 49.2 Å². The predicted molar refractivity (Wildman–Crippen MR) is 123 cm³/mol. The number of para-hydroxylation sites is 1. The molecule has 0 radical (unpaired) electrons. The van der Waals surface area contributed by atoms with E-state index in [4.69, 9.17) is 4.74 Å². The third-order valence-corrected chi connectivity index (χ3v) is 4.58. The molecule has 31 heavy (non-hydrogen) atoms. The summed E-state index contributed by atoms with van der Waals surface area (Å²) in [5.74, 6) is 0.269. The molecule has 0 aliphatic carbocycles. The fourth-order valence-electron chi connectivity index (χ4n) is 3.18. The summed E-state index contributed by atoms with van der Waals surface area (Å²) in [6.45, 7) is 3.37. The van der Waals surface area contributed by atoms with Gasteiger partial charge in [0, 0.05) is 12.2 Å². The van der Waals surface area contributed by atoms with Gasteiger partial charge in [-0.1, -0.05) is 42.5 Å². The van der Waals surface area contributed by atoms with Gasteiger partial charge in [0.1, 0.15) is 5.75 Å². The highest BCUT2D eigenvalue weighted by Crippen LogP contribution is 2.20. The molecule has 0 spiro atoms. The van der Waals surface area contributed by atoms with E-state index in [1.54, 1.807) is 48.5 Å². The molecule has 0 saturated heterocycles. The SMILES string of the molecule is CCOc1ccc(NC(=O)c2ccccc2NC(=O)CN(C)Cc2ccccc2)cc1. The molecule has 3 aromatic rings. The van der Waals surface area contributed by atoms with E-state index in [0.29, 0.717) is 30.1 Å². The fraction of sp³-hybridized carbons (Fsp3) is 0.200. The van der Waals surface area contributed by atoms with Gasteiger partial charge in [-0.25, -0.2) is 0 Å². The van der Waals surface area contributed by atoms with Crippen LogP contribution in [0.15, 0.2) is 78.9 Å². The molecule has 3 aromatic carbocycles. The molecule has 0 aromatic heterocycles. The molecule has 3 rings (SSSR count). The van der Waals surface area contributed by atoms with Gasteiger partial charge in [-0.05, 0) is 55.9 Å². The van der Waals surface area contributed by atoms with Crippen LogP contribution in [0.5, 0.6) is 5.75 Å². The van der Waals surface area contributed by atoms with Crippen molar-refractivity contribution in [3.63, 3.8) is 0 Å². The average Bonchev–Trinajstić information content (AvgIpc) is 2.76. The van der Waals surface area contributed by atoms with Gasteiger partial charge in [0.25, 0.3) is 5.91 Å². The molecule has 0 aliphatic heterocycles. The Bertz CT molecular complexity index is 1000. The van der Waals surface area contributed by atoms with Crippen LogP contribution in [0.3, 0.4) is 0 Å². The largest absolute Gasteiger partial charge is 0.494 e. The van der Waals surface area contributed by atoms with Gasteiger partial charge < -0.3 is 15.4 Å². The lowest BCUT2D eigenvalue weighted by atomic mass is 10.1. The summed E-state index contributed by atoms with van der Waals surface area (Å²) in [5.41, 5.74) is 2.66. The van der Waals surface area contributed by atoms with Crippen LogP contribution < -0.4 is 15.4 Å². The molecular weight excluding hydrogens is 390 g/mol. The summed E-state index contributed by atoms with van der Waals surface area (Å²) in [7, 11) is 1.89. The maximum Gasteiger partial charge on any atom is 0.257 e. The van der Waals surface area contributed by atoms with Gasteiger partial charge in [-0.15, -0.1) is 0 Å². The lowest BCUT2D eigenvalue weighted by molar-refractivity contribution is -0.117. The highest BCUT2D eigenvalue weighted by molar-refractivity contribution is 6.10. The zero-order chi connectivity index (χ0) is 22.1. The van der Waals surface area contributed by atoms with Crippen molar-refractivity contribution < 1.29 is 14.3 Å². The van der Waals surface area contributed by atoms with E-state index in [0.717, 1.165) is 11.3 Å². The molecule has 2 N–H and O–H groups in total. The number of carbonyl (C=O) groups is 2. The maximum absolute atomic E-state index is 12.8. The summed E-state index contributed by atoms with van der Waals surface area (Å²) >= 11 is 0. The van der Waals surface area contributed by atoms with Crippen LogP contribution in [0.2, 0.25) is 0 Å². The number of ether oxygens (including phenoxy) is 1. The second-order valence-corrected chi connectivity index (χ2v) is 7.16. The second kappa shape index (κ2) is 10.9. The summed E-state index contributed by atoms with van der Waals surface area (Å²) in [6, 6.07) is 24.1. The van der Waals surface area contributed by atoms with Gasteiger partial charge in [0.05, 0.1) is 24.4 Å². The molecule has 0 unspecified atom stereocenters. The highest BCUT2D eigenvalue weighted by Gasteiger charge is 2.14. The van der Waals surface area contributed by atoms with Crippen molar-refractivity contribution in [1.29, 1.82) is 0 Å². The topological polar surface area (TPSA) is 70.7 Å². The van der Waals surface area contributed by atoms with Crippen LogP contribution in [0.25, 0.3) is 0 Å². The van der Waals surface area contributed by atoms with Crippen LogP contribution >= 0.6 is 0 Å². The zero-order valence-electron chi connectivity index (χ0n) is 17.8. The Morgan fingerprint density at radius 3 is 2.26 bits per heavy atom. The Balaban J connectivity index is 1.61.